The Bertz CT molecular complexity index is 723. The lowest BCUT2D eigenvalue weighted by Crippen LogP contribution is -2.44. The standard InChI is InChI=1S/C19H26F2N2O3/c1-11-7-8-12(2)23(11)13-9-14(25-6)16(15(10-13)26-18(20)21)17(24)22-19(3,4)5/h7-9,15,18H,10H2,1-6H3,(H,22,24). The smallest absolute Gasteiger partial charge is 0.345 e. The molecule has 144 valence electrons. The van der Waals surface area contributed by atoms with Crippen LogP contribution in [0.1, 0.15) is 38.6 Å². The first-order valence-electron chi connectivity index (χ1n) is 8.43. The van der Waals surface area contributed by atoms with Gasteiger partial charge in [-0.15, -0.1) is 0 Å². The first kappa shape index (κ1) is 20.2. The molecule has 1 amide bonds. The van der Waals surface area contributed by atoms with E-state index in [2.05, 4.69) is 5.32 Å². The van der Waals surface area contributed by atoms with E-state index in [0.717, 1.165) is 17.1 Å². The first-order valence-corrected chi connectivity index (χ1v) is 8.43. The molecule has 0 aromatic carbocycles. The fourth-order valence-corrected chi connectivity index (χ4v) is 3.09. The second kappa shape index (κ2) is 7.61. The van der Waals surface area contributed by atoms with Crippen LogP contribution in [0.25, 0.3) is 5.70 Å². The van der Waals surface area contributed by atoms with Gasteiger partial charge in [-0.3, -0.25) is 4.79 Å². The second-order valence-corrected chi connectivity index (χ2v) is 7.36. The zero-order valence-electron chi connectivity index (χ0n) is 16.0. The molecule has 1 atom stereocenters. The van der Waals surface area contributed by atoms with Gasteiger partial charge in [-0.1, -0.05) is 0 Å². The zero-order chi connectivity index (χ0) is 19.6. The largest absolute Gasteiger partial charge is 0.496 e. The Hall–Kier alpha value is -2.15. The number of nitrogens with one attached hydrogen (secondary N) is 1. The summed E-state index contributed by atoms with van der Waals surface area (Å²) in [4.78, 5) is 12.7. The Morgan fingerprint density at radius 1 is 1.27 bits per heavy atom. The normalized spacial score (nSPS) is 18.2. The highest BCUT2D eigenvalue weighted by Crippen LogP contribution is 2.33. The number of aromatic nitrogens is 1. The van der Waals surface area contributed by atoms with E-state index in [-0.39, 0.29) is 17.8 Å². The summed E-state index contributed by atoms with van der Waals surface area (Å²) < 4.78 is 38.1. The summed E-state index contributed by atoms with van der Waals surface area (Å²) in [6.45, 7) is 6.30. The molecule has 0 saturated heterocycles. The molecule has 5 nitrogen and oxygen atoms in total. The van der Waals surface area contributed by atoms with Crippen LogP contribution in [-0.4, -0.2) is 35.8 Å². The van der Waals surface area contributed by atoms with Gasteiger partial charge >= 0.3 is 6.61 Å². The average molecular weight is 368 g/mol. The number of alkyl halides is 2. The maximum absolute atomic E-state index is 13.0. The minimum atomic E-state index is -3.00. The van der Waals surface area contributed by atoms with Crippen LogP contribution in [0.5, 0.6) is 0 Å². The number of amides is 1. The Morgan fingerprint density at radius 3 is 2.31 bits per heavy atom. The van der Waals surface area contributed by atoms with E-state index in [4.69, 9.17) is 9.47 Å². The number of hydrogen-bond donors (Lipinski definition) is 1. The van der Waals surface area contributed by atoms with Crippen molar-refractivity contribution in [3.8, 4) is 0 Å². The first-order chi connectivity index (χ1) is 12.0. The summed E-state index contributed by atoms with van der Waals surface area (Å²) in [5.41, 5.74) is 2.22. The molecule has 0 bridgehead atoms. The second-order valence-electron chi connectivity index (χ2n) is 7.36. The van der Waals surface area contributed by atoms with Crippen LogP contribution < -0.4 is 5.32 Å². The lowest BCUT2D eigenvalue weighted by Gasteiger charge is -2.30. The minimum absolute atomic E-state index is 0.0777. The van der Waals surface area contributed by atoms with Gasteiger partial charge in [-0.2, -0.15) is 8.78 Å². The van der Waals surface area contributed by atoms with E-state index < -0.39 is 24.2 Å². The van der Waals surface area contributed by atoms with Gasteiger partial charge in [0, 0.05) is 35.1 Å². The highest BCUT2D eigenvalue weighted by Gasteiger charge is 2.34. The van der Waals surface area contributed by atoms with Crippen molar-refractivity contribution in [3.05, 3.63) is 40.9 Å². The van der Waals surface area contributed by atoms with Gasteiger partial charge in [0.15, 0.2) is 0 Å². The average Bonchev–Trinajstić information content (AvgIpc) is 2.82. The number of ether oxygens (including phenoxy) is 2. The van der Waals surface area contributed by atoms with Crippen LogP contribution in [0, 0.1) is 13.8 Å². The number of aryl methyl sites for hydroxylation is 2. The molecule has 1 aromatic rings. The van der Waals surface area contributed by atoms with Gasteiger partial charge in [0.05, 0.1) is 12.7 Å². The van der Waals surface area contributed by atoms with Crippen molar-refractivity contribution in [2.75, 3.05) is 7.11 Å². The lowest BCUT2D eigenvalue weighted by molar-refractivity contribution is -0.155. The number of nitrogens with zero attached hydrogens (tertiary/aromatic N) is 1. The third-order valence-corrected chi connectivity index (χ3v) is 4.06. The van der Waals surface area contributed by atoms with Crippen LogP contribution in [0.4, 0.5) is 8.78 Å². The molecular weight excluding hydrogens is 342 g/mol. The van der Waals surface area contributed by atoms with E-state index in [0.29, 0.717) is 0 Å². The zero-order valence-corrected chi connectivity index (χ0v) is 16.0. The number of methoxy groups -OCH3 is 1. The number of hydrogen-bond acceptors (Lipinski definition) is 3. The maximum atomic E-state index is 13.0. The molecule has 7 heteroatoms. The number of carbonyl (C=O) groups excluding carboxylic acids is 1. The van der Waals surface area contributed by atoms with Crippen LogP contribution in [0.3, 0.4) is 0 Å². The van der Waals surface area contributed by atoms with Crippen LogP contribution >= 0.6 is 0 Å². The molecule has 2 rings (SSSR count). The molecule has 26 heavy (non-hydrogen) atoms. The topological polar surface area (TPSA) is 52.5 Å². The predicted molar refractivity (Wildman–Crippen MR) is 95.6 cm³/mol. The van der Waals surface area contributed by atoms with Crippen LogP contribution in [0.2, 0.25) is 0 Å². The molecule has 0 radical (unpaired) electrons. The Morgan fingerprint density at radius 2 is 1.85 bits per heavy atom. The van der Waals surface area contributed by atoms with Crippen molar-refractivity contribution in [2.45, 2.75) is 59.3 Å². The summed E-state index contributed by atoms with van der Waals surface area (Å²) in [6, 6.07) is 3.88. The molecule has 0 spiro atoms. The van der Waals surface area contributed by atoms with Crippen molar-refractivity contribution < 1.29 is 23.0 Å². The van der Waals surface area contributed by atoms with Crippen LogP contribution in [0.15, 0.2) is 29.5 Å². The van der Waals surface area contributed by atoms with Crippen molar-refractivity contribution in [1.82, 2.24) is 9.88 Å². The van der Waals surface area contributed by atoms with Gasteiger partial charge in [0.2, 0.25) is 0 Å². The van der Waals surface area contributed by atoms with Gasteiger partial charge in [0.1, 0.15) is 11.9 Å². The van der Waals surface area contributed by atoms with Crippen molar-refractivity contribution >= 4 is 11.6 Å². The molecule has 1 heterocycles. The molecule has 1 aliphatic carbocycles. The Labute approximate surface area is 152 Å². The molecule has 1 aromatic heterocycles. The third-order valence-electron chi connectivity index (χ3n) is 4.06. The fraction of sp³-hybridized carbons (Fsp3) is 0.526. The highest BCUT2D eigenvalue weighted by molar-refractivity contribution is 5.97. The maximum Gasteiger partial charge on any atom is 0.345 e. The monoisotopic (exact) mass is 368 g/mol. The summed E-state index contributed by atoms with van der Waals surface area (Å²) in [5, 5.41) is 2.79. The van der Waals surface area contributed by atoms with E-state index >= 15 is 0 Å². The number of halogens is 2. The summed E-state index contributed by atoms with van der Waals surface area (Å²) in [6.07, 6.45) is 0.747. The summed E-state index contributed by atoms with van der Waals surface area (Å²) in [7, 11) is 1.41. The lowest BCUT2D eigenvalue weighted by atomic mass is 9.95. The van der Waals surface area contributed by atoms with Crippen molar-refractivity contribution in [2.24, 2.45) is 0 Å². The fourth-order valence-electron chi connectivity index (χ4n) is 3.09. The number of rotatable bonds is 5. The van der Waals surface area contributed by atoms with E-state index in [1.165, 1.54) is 7.11 Å². The van der Waals surface area contributed by atoms with E-state index in [9.17, 15) is 13.6 Å². The molecule has 0 fully saturated rings. The van der Waals surface area contributed by atoms with Crippen LogP contribution in [-0.2, 0) is 14.3 Å². The minimum Gasteiger partial charge on any atom is -0.496 e. The van der Waals surface area contributed by atoms with E-state index in [1.54, 1.807) is 6.08 Å². The van der Waals surface area contributed by atoms with Crippen molar-refractivity contribution in [1.29, 1.82) is 0 Å². The summed E-state index contributed by atoms with van der Waals surface area (Å²) >= 11 is 0. The number of allylic oxidation sites excluding steroid dienone is 1. The summed E-state index contributed by atoms with van der Waals surface area (Å²) in [5.74, 6) is -0.248. The number of carbonyl (C=O) groups is 1. The Kier molecular flexibility index (Phi) is 5.91. The quantitative estimate of drug-likeness (QED) is 0.861. The third kappa shape index (κ3) is 4.52. The van der Waals surface area contributed by atoms with Gasteiger partial charge in [-0.25, -0.2) is 0 Å². The molecule has 1 unspecified atom stereocenters. The van der Waals surface area contributed by atoms with Gasteiger partial charge in [-0.05, 0) is 46.8 Å². The molecule has 1 aliphatic rings. The van der Waals surface area contributed by atoms with E-state index in [1.807, 2.05) is 51.3 Å². The Balaban J connectivity index is 2.53. The highest BCUT2D eigenvalue weighted by atomic mass is 19.3. The van der Waals surface area contributed by atoms with Gasteiger partial charge < -0.3 is 19.4 Å². The van der Waals surface area contributed by atoms with Crippen molar-refractivity contribution in [3.63, 3.8) is 0 Å². The SMILES string of the molecule is COC1=C(C(=O)NC(C)(C)C)C(OC(F)F)CC(n2c(C)ccc2C)=C1. The molecule has 0 aliphatic heterocycles. The van der Waals surface area contributed by atoms with Gasteiger partial charge in [0.25, 0.3) is 5.91 Å². The molecule has 1 N–H and O–H groups in total. The molecule has 0 saturated carbocycles. The predicted octanol–water partition coefficient (Wildman–Crippen LogP) is 3.77. The molecular formula is C19H26F2N2O3.